The Morgan fingerprint density at radius 1 is 1.32 bits per heavy atom. The van der Waals surface area contributed by atoms with Gasteiger partial charge in [-0.3, -0.25) is 0 Å². The zero-order chi connectivity index (χ0) is 18.7. The number of nitrogens with zero attached hydrogens (tertiary/aromatic N) is 4. The number of aromatic nitrogens is 2. The van der Waals surface area contributed by atoms with Crippen LogP contribution in [0.15, 0.2) is 33.8 Å². The van der Waals surface area contributed by atoms with Crippen molar-refractivity contribution in [2.75, 3.05) is 32.8 Å². The number of hydrogen-bond acceptors (Lipinski definition) is 5. The van der Waals surface area contributed by atoms with Crippen LogP contribution in [0.3, 0.4) is 0 Å². The topological polar surface area (TPSA) is 75.8 Å². The lowest BCUT2D eigenvalue weighted by Gasteiger charge is -2.24. The maximum absolute atomic E-state index is 5.92. The number of rotatable bonds is 4. The Bertz CT molecular complexity index is 805. The number of halogens is 2. The molecule has 1 spiro atoms. The predicted molar refractivity (Wildman–Crippen MR) is 119 cm³/mol. The first kappa shape index (κ1) is 21.3. The van der Waals surface area contributed by atoms with Gasteiger partial charge in [-0.25, -0.2) is 4.99 Å². The van der Waals surface area contributed by atoms with E-state index in [9.17, 15) is 0 Å². The lowest BCUT2D eigenvalue weighted by atomic mass is 9.87. The zero-order valence-corrected chi connectivity index (χ0v) is 18.9. The van der Waals surface area contributed by atoms with Crippen molar-refractivity contribution in [2.45, 2.75) is 26.3 Å². The summed E-state index contributed by atoms with van der Waals surface area (Å²) in [5.74, 6) is 1.94. The molecule has 1 N–H and O–H groups in total. The molecule has 1 unspecified atom stereocenters. The van der Waals surface area contributed by atoms with Crippen molar-refractivity contribution >= 4 is 41.5 Å². The van der Waals surface area contributed by atoms with E-state index < -0.39 is 0 Å². The fraction of sp³-hybridized carbons (Fsp3) is 0.526. The Balaban J connectivity index is 0.00000225. The third-order valence-corrected chi connectivity index (χ3v) is 5.44. The Labute approximate surface area is 186 Å². The first-order chi connectivity index (χ1) is 13.2. The van der Waals surface area contributed by atoms with Crippen LogP contribution < -0.4 is 5.32 Å². The largest absolute Gasteiger partial charge is 0.381 e. The number of aliphatic imine (C=N–C) groups is 1. The SMILES string of the molecule is CCNC(=NCc1nc(-c2ccc(Cl)cc2)no1)N1CCC2(CCOC2)C1.I. The molecule has 0 radical (unpaired) electrons. The molecule has 0 amide bonds. The van der Waals surface area contributed by atoms with Crippen molar-refractivity contribution in [3.05, 3.63) is 35.2 Å². The van der Waals surface area contributed by atoms with E-state index in [0.29, 0.717) is 28.7 Å². The Morgan fingerprint density at radius 2 is 2.14 bits per heavy atom. The summed E-state index contributed by atoms with van der Waals surface area (Å²) in [6, 6.07) is 7.36. The number of nitrogens with one attached hydrogen (secondary N) is 1. The van der Waals surface area contributed by atoms with Gasteiger partial charge in [0, 0.05) is 42.2 Å². The van der Waals surface area contributed by atoms with Crippen LogP contribution in [0.25, 0.3) is 11.4 Å². The normalized spacial score (nSPS) is 21.9. The summed E-state index contributed by atoms with van der Waals surface area (Å²) in [7, 11) is 0. The van der Waals surface area contributed by atoms with Crippen molar-refractivity contribution in [2.24, 2.45) is 10.4 Å². The minimum absolute atomic E-state index is 0. The third kappa shape index (κ3) is 4.77. The minimum Gasteiger partial charge on any atom is -0.381 e. The fourth-order valence-electron chi connectivity index (χ4n) is 3.69. The second kappa shape index (κ2) is 9.41. The summed E-state index contributed by atoms with van der Waals surface area (Å²) in [4.78, 5) is 11.5. The van der Waals surface area contributed by atoms with E-state index in [4.69, 9.17) is 25.9 Å². The Morgan fingerprint density at radius 3 is 2.86 bits per heavy atom. The monoisotopic (exact) mass is 517 g/mol. The standard InChI is InChI=1S/C19H24ClN5O2.HI/c1-2-21-18(25-9-7-19(12-25)8-10-26-13-19)22-11-16-23-17(24-27-16)14-3-5-15(20)6-4-14;/h3-6H,2,7-13H2,1H3,(H,21,22);1H. The molecule has 2 aliphatic heterocycles. The number of hydrogen-bond donors (Lipinski definition) is 1. The van der Waals surface area contributed by atoms with Gasteiger partial charge in [0.1, 0.15) is 6.54 Å². The summed E-state index contributed by atoms with van der Waals surface area (Å²) in [5.41, 5.74) is 1.16. The number of ether oxygens (including phenoxy) is 1. The molecule has 7 nitrogen and oxygen atoms in total. The molecule has 0 saturated carbocycles. The van der Waals surface area contributed by atoms with Crippen LogP contribution in [0.2, 0.25) is 5.02 Å². The first-order valence-electron chi connectivity index (χ1n) is 9.37. The number of guanidine groups is 1. The molecule has 9 heteroatoms. The quantitative estimate of drug-likeness (QED) is 0.380. The van der Waals surface area contributed by atoms with Crippen molar-refractivity contribution < 1.29 is 9.26 Å². The van der Waals surface area contributed by atoms with E-state index in [2.05, 4.69) is 27.3 Å². The zero-order valence-electron chi connectivity index (χ0n) is 15.9. The minimum atomic E-state index is 0. The molecule has 4 rings (SSSR count). The second-order valence-electron chi connectivity index (χ2n) is 7.16. The van der Waals surface area contributed by atoms with Crippen LogP contribution in [0.4, 0.5) is 0 Å². The maximum atomic E-state index is 5.92. The van der Waals surface area contributed by atoms with Crippen LogP contribution in [0.5, 0.6) is 0 Å². The fourth-order valence-corrected chi connectivity index (χ4v) is 3.82. The van der Waals surface area contributed by atoms with Gasteiger partial charge in [0.25, 0.3) is 0 Å². The lowest BCUT2D eigenvalue weighted by molar-refractivity contribution is 0.156. The summed E-state index contributed by atoms with van der Waals surface area (Å²) < 4.78 is 11.0. The van der Waals surface area contributed by atoms with Crippen molar-refractivity contribution in [3.8, 4) is 11.4 Å². The maximum Gasteiger partial charge on any atom is 0.248 e. The Kier molecular flexibility index (Phi) is 7.16. The van der Waals surface area contributed by atoms with Crippen LogP contribution in [0.1, 0.15) is 25.7 Å². The van der Waals surface area contributed by atoms with Crippen LogP contribution in [-0.4, -0.2) is 53.8 Å². The molecule has 2 fully saturated rings. The van der Waals surface area contributed by atoms with Gasteiger partial charge in [-0.15, -0.1) is 24.0 Å². The molecule has 0 bridgehead atoms. The Hall–Kier alpha value is -1.39. The van der Waals surface area contributed by atoms with Gasteiger partial charge in [-0.2, -0.15) is 4.98 Å². The summed E-state index contributed by atoms with van der Waals surface area (Å²) in [6.45, 7) is 6.95. The highest BCUT2D eigenvalue weighted by molar-refractivity contribution is 14.0. The molecule has 0 aliphatic carbocycles. The average molecular weight is 518 g/mol. The number of benzene rings is 1. The van der Waals surface area contributed by atoms with E-state index >= 15 is 0 Å². The van der Waals surface area contributed by atoms with Gasteiger partial charge < -0.3 is 19.5 Å². The van der Waals surface area contributed by atoms with Crippen molar-refractivity contribution in [1.82, 2.24) is 20.4 Å². The van der Waals surface area contributed by atoms with E-state index in [1.165, 1.54) is 0 Å². The first-order valence-corrected chi connectivity index (χ1v) is 9.75. The highest BCUT2D eigenvalue weighted by Gasteiger charge is 2.42. The molecule has 3 heterocycles. The van der Waals surface area contributed by atoms with E-state index in [0.717, 1.165) is 57.2 Å². The molecular formula is C19H25ClIN5O2. The highest BCUT2D eigenvalue weighted by atomic mass is 127. The molecule has 2 aliphatic rings. The van der Waals surface area contributed by atoms with Crippen molar-refractivity contribution in [1.29, 1.82) is 0 Å². The number of likely N-dealkylation sites (tertiary alicyclic amines) is 1. The van der Waals surface area contributed by atoms with Crippen LogP contribution in [-0.2, 0) is 11.3 Å². The van der Waals surface area contributed by atoms with Gasteiger partial charge in [0.15, 0.2) is 5.96 Å². The summed E-state index contributed by atoms with van der Waals surface area (Å²) >= 11 is 5.92. The van der Waals surface area contributed by atoms with Gasteiger partial charge in [-0.1, -0.05) is 16.8 Å². The van der Waals surface area contributed by atoms with E-state index in [1.807, 2.05) is 24.3 Å². The third-order valence-electron chi connectivity index (χ3n) is 5.19. The predicted octanol–water partition coefficient (Wildman–Crippen LogP) is 3.59. The molecule has 152 valence electrons. The molecule has 28 heavy (non-hydrogen) atoms. The van der Waals surface area contributed by atoms with Crippen LogP contribution >= 0.6 is 35.6 Å². The van der Waals surface area contributed by atoms with Gasteiger partial charge in [-0.05, 0) is 44.0 Å². The van der Waals surface area contributed by atoms with Crippen LogP contribution in [0, 0.1) is 5.41 Å². The van der Waals surface area contributed by atoms with Gasteiger partial charge >= 0.3 is 0 Å². The van der Waals surface area contributed by atoms with E-state index in [1.54, 1.807) is 0 Å². The van der Waals surface area contributed by atoms with Gasteiger partial charge in [0.2, 0.25) is 11.7 Å². The molecular weight excluding hydrogens is 493 g/mol. The molecule has 2 saturated heterocycles. The lowest BCUT2D eigenvalue weighted by Crippen LogP contribution is -2.41. The molecule has 1 aromatic heterocycles. The smallest absolute Gasteiger partial charge is 0.248 e. The van der Waals surface area contributed by atoms with Gasteiger partial charge in [0.05, 0.1) is 6.61 Å². The molecule has 1 aromatic carbocycles. The van der Waals surface area contributed by atoms with E-state index in [-0.39, 0.29) is 24.0 Å². The summed E-state index contributed by atoms with van der Waals surface area (Å²) in [5, 5.41) is 8.10. The second-order valence-corrected chi connectivity index (χ2v) is 7.60. The van der Waals surface area contributed by atoms with Crippen molar-refractivity contribution in [3.63, 3.8) is 0 Å². The summed E-state index contributed by atoms with van der Waals surface area (Å²) in [6.07, 6.45) is 2.29. The average Bonchev–Trinajstić information content (AvgIpc) is 3.42. The molecule has 1 atom stereocenters. The highest BCUT2D eigenvalue weighted by Crippen LogP contribution is 2.38. The molecule has 2 aromatic rings.